The Hall–Kier alpha value is -3.26. The summed E-state index contributed by atoms with van der Waals surface area (Å²) in [6.07, 6.45) is 5.08. The summed E-state index contributed by atoms with van der Waals surface area (Å²) in [4.78, 5) is 31.1. The molecule has 3 aromatic rings. The molecule has 1 aliphatic heterocycles. The quantitative estimate of drug-likeness (QED) is 0.646. The smallest absolute Gasteiger partial charge is 0.254 e. The highest BCUT2D eigenvalue weighted by Crippen LogP contribution is 2.24. The van der Waals surface area contributed by atoms with Crippen LogP contribution in [-0.4, -0.2) is 54.4 Å². The molecule has 0 aliphatic carbocycles. The predicted octanol–water partition coefficient (Wildman–Crippen LogP) is 1.62. The number of carbonyl (C=O) groups excluding carboxylic acids is 1. The van der Waals surface area contributed by atoms with Gasteiger partial charge in [0.2, 0.25) is 5.91 Å². The molecule has 8 nitrogen and oxygen atoms in total. The number of rotatable bonds is 6. The van der Waals surface area contributed by atoms with Crippen molar-refractivity contribution in [1.82, 2.24) is 24.6 Å². The molecule has 4 rings (SSSR count). The van der Waals surface area contributed by atoms with Gasteiger partial charge in [0.25, 0.3) is 5.56 Å². The molecule has 8 heteroatoms. The Morgan fingerprint density at radius 1 is 1.17 bits per heavy atom. The van der Waals surface area contributed by atoms with Crippen molar-refractivity contribution in [2.45, 2.75) is 37.8 Å². The molecule has 1 aliphatic rings. The number of aromatic amines is 1. The van der Waals surface area contributed by atoms with Crippen LogP contribution in [0.3, 0.4) is 0 Å². The molecule has 0 radical (unpaired) electrons. The third-order valence-electron chi connectivity index (χ3n) is 5.64. The normalized spacial score (nSPS) is 15.8. The summed E-state index contributed by atoms with van der Waals surface area (Å²) in [5.41, 5.74) is 1.06. The number of carbonyl (C=O) groups is 1. The van der Waals surface area contributed by atoms with Gasteiger partial charge in [-0.25, -0.2) is 4.98 Å². The zero-order valence-electron chi connectivity index (χ0n) is 16.7. The number of benzene rings is 1. The number of nitrogens with zero attached hydrogens (tertiary/aromatic N) is 4. The van der Waals surface area contributed by atoms with E-state index in [4.69, 9.17) is 0 Å². The zero-order chi connectivity index (χ0) is 21.0. The van der Waals surface area contributed by atoms with Crippen molar-refractivity contribution < 1.29 is 9.90 Å². The molecule has 1 amide bonds. The van der Waals surface area contributed by atoms with Crippen LogP contribution in [0.4, 0.5) is 0 Å². The number of piperidine rings is 1. The van der Waals surface area contributed by atoms with E-state index in [2.05, 4.69) is 15.2 Å². The number of aryl methyl sites for hydroxylation is 1. The minimum absolute atomic E-state index is 0.101. The summed E-state index contributed by atoms with van der Waals surface area (Å²) in [6.45, 7) is 1.13. The minimum Gasteiger partial charge on any atom is -0.388 e. The molecule has 1 aromatic carbocycles. The van der Waals surface area contributed by atoms with Gasteiger partial charge in [0, 0.05) is 31.8 Å². The molecule has 2 aromatic heterocycles. The lowest BCUT2D eigenvalue weighted by Crippen LogP contribution is -2.49. The van der Waals surface area contributed by atoms with Crippen molar-refractivity contribution in [2.75, 3.05) is 13.1 Å². The van der Waals surface area contributed by atoms with Crippen molar-refractivity contribution in [1.29, 1.82) is 0 Å². The summed E-state index contributed by atoms with van der Waals surface area (Å²) in [7, 11) is 0. The highest BCUT2D eigenvalue weighted by molar-refractivity contribution is 5.76. The second-order valence-electron chi connectivity index (χ2n) is 7.80. The Bertz CT molecular complexity index is 1040. The van der Waals surface area contributed by atoms with E-state index in [9.17, 15) is 14.7 Å². The van der Waals surface area contributed by atoms with Gasteiger partial charge < -0.3 is 10.0 Å². The lowest BCUT2D eigenvalue weighted by atomic mass is 9.91. The first kappa shape index (κ1) is 20.0. The van der Waals surface area contributed by atoms with E-state index in [0.29, 0.717) is 50.2 Å². The first-order chi connectivity index (χ1) is 14.5. The van der Waals surface area contributed by atoms with Gasteiger partial charge in [-0.05, 0) is 30.9 Å². The number of hydrogen-bond donors (Lipinski definition) is 2. The number of amides is 1. The molecule has 1 fully saturated rings. The van der Waals surface area contributed by atoms with Gasteiger partial charge in [-0.1, -0.05) is 30.3 Å². The van der Waals surface area contributed by atoms with Gasteiger partial charge in [0.15, 0.2) is 0 Å². The number of aliphatic hydroxyl groups is 1. The number of nitrogens with one attached hydrogen (secondary N) is 1. The molecule has 156 valence electrons. The molecular formula is C22H25N5O3. The fraction of sp³-hybridized carbons (Fsp3) is 0.364. The minimum atomic E-state index is -1.03. The van der Waals surface area contributed by atoms with Crippen molar-refractivity contribution in [3.8, 4) is 11.4 Å². The third-order valence-corrected chi connectivity index (χ3v) is 5.64. The molecular weight excluding hydrogens is 382 g/mol. The maximum Gasteiger partial charge on any atom is 0.254 e. The lowest BCUT2D eigenvalue weighted by Gasteiger charge is -2.38. The molecule has 0 spiro atoms. The van der Waals surface area contributed by atoms with E-state index in [1.807, 2.05) is 30.3 Å². The highest BCUT2D eigenvalue weighted by atomic mass is 16.3. The van der Waals surface area contributed by atoms with E-state index < -0.39 is 5.60 Å². The Labute approximate surface area is 174 Å². The first-order valence-electron chi connectivity index (χ1n) is 10.1. The van der Waals surface area contributed by atoms with Crippen LogP contribution >= 0.6 is 0 Å². The molecule has 0 bridgehead atoms. The van der Waals surface area contributed by atoms with Crippen LogP contribution < -0.4 is 5.56 Å². The first-order valence-corrected chi connectivity index (χ1v) is 10.1. The predicted molar refractivity (Wildman–Crippen MR) is 112 cm³/mol. The number of H-pyrrole nitrogens is 1. The van der Waals surface area contributed by atoms with Crippen LogP contribution in [0.1, 0.15) is 24.8 Å². The highest BCUT2D eigenvalue weighted by Gasteiger charge is 2.34. The molecule has 0 atom stereocenters. The Kier molecular flexibility index (Phi) is 5.76. The van der Waals surface area contributed by atoms with Gasteiger partial charge in [0.1, 0.15) is 0 Å². The van der Waals surface area contributed by atoms with Gasteiger partial charge >= 0.3 is 0 Å². The number of likely N-dealkylation sites (tertiary alicyclic amines) is 1. The molecule has 1 saturated heterocycles. The summed E-state index contributed by atoms with van der Waals surface area (Å²) in [5, 5.41) is 17.6. The van der Waals surface area contributed by atoms with Crippen molar-refractivity contribution in [3.05, 3.63) is 70.9 Å². The maximum absolute atomic E-state index is 12.5. The van der Waals surface area contributed by atoms with E-state index in [1.54, 1.807) is 17.2 Å². The number of aromatic nitrogens is 4. The summed E-state index contributed by atoms with van der Waals surface area (Å²) < 4.78 is 1.42. The van der Waals surface area contributed by atoms with Crippen molar-refractivity contribution in [3.63, 3.8) is 0 Å². The van der Waals surface area contributed by atoms with Gasteiger partial charge in [0.05, 0.1) is 29.9 Å². The van der Waals surface area contributed by atoms with Crippen LogP contribution in [0.2, 0.25) is 0 Å². The van der Waals surface area contributed by atoms with Crippen LogP contribution in [0.5, 0.6) is 0 Å². The summed E-state index contributed by atoms with van der Waals surface area (Å²) >= 11 is 0. The molecule has 30 heavy (non-hydrogen) atoms. The average Bonchev–Trinajstić information content (AvgIpc) is 3.30. The fourth-order valence-corrected chi connectivity index (χ4v) is 3.79. The van der Waals surface area contributed by atoms with E-state index in [-0.39, 0.29) is 18.0 Å². The topological polar surface area (TPSA) is 104 Å². The second kappa shape index (κ2) is 8.62. The Morgan fingerprint density at radius 2 is 1.93 bits per heavy atom. The van der Waals surface area contributed by atoms with Crippen molar-refractivity contribution >= 4 is 5.91 Å². The second-order valence-corrected chi connectivity index (χ2v) is 7.80. The van der Waals surface area contributed by atoms with Crippen LogP contribution in [-0.2, 0) is 17.8 Å². The Morgan fingerprint density at radius 3 is 2.60 bits per heavy atom. The summed E-state index contributed by atoms with van der Waals surface area (Å²) in [6, 6.07) is 13.1. The third kappa shape index (κ3) is 4.65. The lowest BCUT2D eigenvalue weighted by molar-refractivity contribution is -0.135. The summed E-state index contributed by atoms with van der Waals surface area (Å²) in [5.74, 6) is 0.101. The van der Waals surface area contributed by atoms with Crippen LogP contribution in [0.25, 0.3) is 11.4 Å². The van der Waals surface area contributed by atoms with Crippen LogP contribution in [0.15, 0.2) is 59.8 Å². The molecule has 0 unspecified atom stereocenters. The fourth-order valence-electron chi connectivity index (χ4n) is 3.79. The average molecular weight is 407 g/mol. The number of hydrogen-bond acceptors (Lipinski definition) is 5. The SMILES string of the molecule is O=C(CCc1ccccc1)N1CCC(O)(Cn2cnc(-c3ccn[nH]3)cc2=O)CC1. The Balaban J connectivity index is 1.32. The largest absolute Gasteiger partial charge is 0.388 e. The van der Waals surface area contributed by atoms with Crippen molar-refractivity contribution in [2.24, 2.45) is 0 Å². The van der Waals surface area contributed by atoms with E-state index in [0.717, 1.165) is 5.56 Å². The van der Waals surface area contributed by atoms with Gasteiger partial charge in [-0.2, -0.15) is 5.10 Å². The van der Waals surface area contributed by atoms with Gasteiger partial charge in [-0.15, -0.1) is 0 Å². The molecule has 2 N–H and O–H groups in total. The van der Waals surface area contributed by atoms with E-state index in [1.165, 1.54) is 17.0 Å². The molecule has 0 saturated carbocycles. The molecule has 3 heterocycles. The zero-order valence-corrected chi connectivity index (χ0v) is 16.7. The maximum atomic E-state index is 12.5. The van der Waals surface area contributed by atoms with E-state index >= 15 is 0 Å². The standard InChI is InChI=1S/C22H25N5O3/c28-20(7-6-17-4-2-1-3-5-17)26-12-9-22(30,10-13-26)15-27-16-23-19(14-21(27)29)18-8-11-24-25-18/h1-5,8,11,14,16,30H,6-7,9-10,12-13,15H2,(H,24,25). The van der Waals surface area contributed by atoms with Gasteiger partial charge in [-0.3, -0.25) is 19.3 Å². The van der Waals surface area contributed by atoms with Crippen LogP contribution in [0, 0.1) is 0 Å². The monoisotopic (exact) mass is 407 g/mol.